The van der Waals surface area contributed by atoms with Crippen molar-refractivity contribution >= 4 is 23.4 Å². The van der Waals surface area contributed by atoms with Gasteiger partial charge in [-0.3, -0.25) is 4.79 Å². The number of carbonyl (C=O) groups excluding carboxylic acids is 1. The molecule has 1 amide bonds. The minimum atomic E-state index is -0.341. The second-order valence-electron chi connectivity index (χ2n) is 5.93. The fourth-order valence-electron chi connectivity index (χ4n) is 2.56. The Kier molecular flexibility index (Phi) is 6.49. The van der Waals surface area contributed by atoms with E-state index in [1.54, 1.807) is 32.4 Å². The summed E-state index contributed by atoms with van der Waals surface area (Å²) in [6.07, 6.45) is 1.52. The monoisotopic (exact) mass is 395 g/mol. The highest BCUT2D eigenvalue weighted by Gasteiger charge is 2.17. The van der Waals surface area contributed by atoms with E-state index in [4.69, 9.17) is 9.47 Å². The number of rotatable bonds is 7. The number of amides is 1. The van der Waals surface area contributed by atoms with Crippen LogP contribution in [-0.4, -0.2) is 35.3 Å². The first kappa shape index (κ1) is 19.7. The minimum absolute atomic E-state index is 0.128. The van der Waals surface area contributed by atoms with Gasteiger partial charge in [0.25, 0.3) is 0 Å². The summed E-state index contributed by atoms with van der Waals surface area (Å²) in [6, 6.07) is 17.0. The molecule has 0 fully saturated rings. The number of nitrogens with zero attached hydrogens (tertiary/aromatic N) is 2. The molecular formula is C21H21N3O3S. The van der Waals surface area contributed by atoms with Crippen molar-refractivity contribution in [2.75, 3.05) is 19.5 Å². The molecule has 6 nitrogen and oxygen atoms in total. The van der Waals surface area contributed by atoms with E-state index in [1.807, 2.05) is 43.3 Å². The molecule has 0 aliphatic carbocycles. The van der Waals surface area contributed by atoms with Crippen LogP contribution in [0, 0.1) is 0 Å². The molecule has 1 atom stereocenters. The summed E-state index contributed by atoms with van der Waals surface area (Å²) in [5, 5.41) is 3.29. The van der Waals surface area contributed by atoms with Gasteiger partial charge in [-0.15, -0.1) is 0 Å². The third-order valence-corrected chi connectivity index (χ3v) is 5.06. The molecular weight excluding hydrogens is 374 g/mol. The van der Waals surface area contributed by atoms with Crippen molar-refractivity contribution < 1.29 is 14.3 Å². The zero-order valence-corrected chi connectivity index (χ0v) is 16.7. The number of hydrogen-bond donors (Lipinski definition) is 1. The molecule has 0 aliphatic heterocycles. The predicted molar refractivity (Wildman–Crippen MR) is 111 cm³/mol. The van der Waals surface area contributed by atoms with Gasteiger partial charge in [0.1, 0.15) is 11.4 Å². The molecule has 3 aromatic rings. The maximum atomic E-state index is 12.6. The number of aromatic nitrogens is 2. The highest BCUT2D eigenvalue weighted by molar-refractivity contribution is 8.00. The molecule has 144 valence electrons. The van der Waals surface area contributed by atoms with Crippen LogP contribution in [0.4, 0.5) is 5.69 Å². The average Bonchev–Trinajstić information content (AvgIpc) is 2.74. The smallest absolute Gasteiger partial charge is 0.237 e. The fraction of sp³-hybridized carbons (Fsp3) is 0.190. The first-order valence-electron chi connectivity index (χ1n) is 8.67. The second-order valence-corrected chi connectivity index (χ2v) is 7.29. The van der Waals surface area contributed by atoms with Gasteiger partial charge >= 0.3 is 0 Å². The fourth-order valence-corrected chi connectivity index (χ4v) is 3.38. The van der Waals surface area contributed by atoms with Crippen LogP contribution in [0.5, 0.6) is 11.5 Å². The number of thioether (sulfide) groups is 1. The lowest BCUT2D eigenvalue weighted by Crippen LogP contribution is -2.22. The maximum Gasteiger partial charge on any atom is 0.237 e. The van der Waals surface area contributed by atoms with Crippen molar-refractivity contribution in [2.45, 2.75) is 17.2 Å². The Hall–Kier alpha value is -3.06. The van der Waals surface area contributed by atoms with Crippen LogP contribution in [0.1, 0.15) is 6.92 Å². The molecule has 0 unspecified atom stereocenters. The van der Waals surface area contributed by atoms with Gasteiger partial charge in [-0.05, 0) is 25.1 Å². The molecule has 0 saturated heterocycles. The van der Waals surface area contributed by atoms with E-state index in [0.29, 0.717) is 17.2 Å². The largest absolute Gasteiger partial charge is 0.493 e. The van der Waals surface area contributed by atoms with Crippen LogP contribution in [0.15, 0.2) is 66.0 Å². The summed E-state index contributed by atoms with van der Waals surface area (Å²) in [7, 11) is 3.13. The zero-order chi connectivity index (χ0) is 19.9. The molecule has 0 radical (unpaired) electrons. The Morgan fingerprint density at radius 3 is 2.46 bits per heavy atom. The number of carbonyl (C=O) groups is 1. The number of benzene rings is 2. The Morgan fingerprint density at radius 2 is 1.75 bits per heavy atom. The van der Waals surface area contributed by atoms with Crippen molar-refractivity contribution in [1.82, 2.24) is 9.97 Å². The van der Waals surface area contributed by atoms with Crippen molar-refractivity contribution in [3.8, 4) is 22.8 Å². The number of anilines is 1. The van der Waals surface area contributed by atoms with Gasteiger partial charge < -0.3 is 14.8 Å². The molecule has 2 aromatic carbocycles. The number of methoxy groups -OCH3 is 2. The molecule has 0 saturated carbocycles. The van der Waals surface area contributed by atoms with Crippen molar-refractivity contribution in [2.24, 2.45) is 0 Å². The highest BCUT2D eigenvalue weighted by Crippen LogP contribution is 2.30. The molecule has 1 heterocycles. The van der Waals surface area contributed by atoms with Gasteiger partial charge in [0.15, 0.2) is 11.5 Å². The third kappa shape index (κ3) is 4.80. The van der Waals surface area contributed by atoms with Crippen LogP contribution < -0.4 is 14.8 Å². The first-order chi connectivity index (χ1) is 13.6. The van der Waals surface area contributed by atoms with E-state index in [2.05, 4.69) is 15.3 Å². The van der Waals surface area contributed by atoms with E-state index >= 15 is 0 Å². The van der Waals surface area contributed by atoms with Crippen LogP contribution in [0.25, 0.3) is 11.3 Å². The van der Waals surface area contributed by atoms with Crippen LogP contribution in [0.3, 0.4) is 0 Å². The Bertz CT molecular complexity index is 951. The number of nitrogens with one attached hydrogen (secondary N) is 1. The van der Waals surface area contributed by atoms with E-state index in [9.17, 15) is 4.79 Å². The van der Waals surface area contributed by atoms with Gasteiger partial charge in [-0.25, -0.2) is 9.97 Å². The average molecular weight is 395 g/mol. The highest BCUT2D eigenvalue weighted by atomic mass is 32.2. The topological polar surface area (TPSA) is 73.3 Å². The van der Waals surface area contributed by atoms with Gasteiger partial charge in [0.05, 0.1) is 25.2 Å². The number of ether oxygens (including phenoxy) is 2. The third-order valence-electron chi connectivity index (χ3n) is 4.03. The molecule has 1 aromatic heterocycles. The SMILES string of the molecule is COc1ccc(NC(=O)[C@H](C)Sc2cc(-c3ccccc3)ncn2)cc1OC. The Morgan fingerprint density at radius 1 is 1.00 bits per heavy atom. The van der Waals surface area contributed by atoms with E-state index in [1.165, 1.54) is 18.1 Å². The molecule has 1 N–H and O–H groups in total. The van der Waals surface area contributed by atoms with E-state index < -0.39 is 0 Å². The molecule has 0 aliphatic rings. The van der Waals surface area contributed by atoms with Gasteiger partial charge in [-0.2, -0.15) is 0 Å². The zero-order valence-electron chi connectivity index (χ0n) is 15.9. The van der Waals surface area contributed by atoms with E-state index in [0.717, 1.165) is 16.3 Å². The maximum absolute atomic E-state index is 12.6. The van der Waals surface area contributed by atoms with Crippen LogP contribution in [0.2, 0.25) is 0 Å². The molecule has 7 heteroatoms. The van der Waals surface area contributed by atoms with Crippen molar-refractivity contribution in [3.05, 3.63) is 60.9 Å². The standard InChI is InChI=1S/C21H21N3O3S/c1-14(21(25)24-16-9-10-18(26-2)19(11-16)27-3)28-20-12-17(22-13-23-20)15-7-5-4-6-8-15/h4-14H,1-3H3,(H,24,25)/t14-/m0/s1. The lowest BCUT2D eigenvalue weighted by Gasteiger charge is -2.14. The second kappa shape index (κ2) is 9.23. The van der Waals surface area contributed by atoms with Crippen molar-refractivity contribution in [3.63, 3.8) is 0 Å². The summed E-state index contributed by atoms with van der Waals surface area (Å²) in [6.45, 7) is 1.84. The van der Waals surface area contributed by atoms with Crippen LogP contribution >= 0.6 is 11.8 Å². The molecule has 0 bridgehead atoms. The van der Waals surface area contributed by atoms with E-state index in [-0.39, 0.29) is 11.2 Å². The molecule has 28 heavy (non-hydrogen) atoms. The molecule has 0 spiro atoms. The first-order valence-corrected chi connectivity index (χ1v) is 9.55. The predicted octanol–water partition coefficient (Wildman–Crippen LogP) is 4.28. The summed E-state index contributed by atoms with van der Waals surface area (Å²) in [5.74, 6) is 1.04. The summed E-state index contributed by atoms with van der Waals surface area (Å²) < 4.78 is 10.5. The lowest BCUT2D eigenvalue weighted by molar-refractivity contribution is -0.115. The van der Waals surface area contributed by atoms with Crippen molar-refractivity contribution in [1.29, 1.82) is 0 Å². The van der Waals surface area contributed by atoms with Crippen LogP contribution in [-0.2, 0) is 4.79 Å². The summed E-state index contributed by atoms with van der Waals surface area (Å²) in [4.78, 5) is 21.2. The quantitative estimate of drug-likeness (QED) is 0.475. The van der Waals surface area contributed by atoms with Gasteiger partial charge in [0, 0.05) is 17.3 Å². The Labute approximate surface area is 168 Å². The summed E-state index contributed by atoms with van der Waals surface area (Å²) in [5.41, 5.74) is 2.47. The normalized spacial score (nSPS) is 11.5. The lowest BCUT2D eigenvalue weighted by atomic mass is 10.1. The Balaban J connectivity index is 1.68. The van der Waals surface area contributed by atoms with Gasteiger partial charge in [0.2, 0.25) is 5.91 Å². The minimum Gasteiger partial charge on any atom is -0.493 e. The summed E-state index contributed by atoms with van der Waals surface area (Å²) >= 11 is 1.38. The molecule has 3 rings (SSSR count). The number of hydrogen-bond acceptors (Lipinski definition) is 6. The van der Waals surface area contributed by atoms with Gasteiger partial charge in [-0.1, -0.05) is 42.1 Å².